The summed E-state index contributed by atoms with van der Waals surface area (Å²) in [5.41, 5.74) is 0. The number of piperidine rings is 1. The van der Waals surface area contributed by atoms with Gasteiger partial charge in [-0.05, 0) is 13.0 Å². The Bertz CT molecular complexity index is 110. The highest BCUT2D eigenvalue weighted by atomic mass is 16.6. The summed E-state index contributed by atoms with van der Waals surface area (Å²) in [7, 11) is 0. The first-order valence-electron chi connectivity index (χ1n) is 3.01. The zero-order chi connectivity index (χ0) is 6.69. The average Bonchev–Trinajstić information content (AvgIpc) is 1.90. The summed E-state index contributed by atoms with van der Waals surface area (Å²) in [4.78, 5) is 9.83. The van der Waals surface area contributed by atoms with E-state index in [1.807, 2.05) is 0 Å². The van der Waals surface area contributed by atoms with Crippen LogP contribution in [-0.2, 0) is 0 Å². The summed E-state index contributed by atoms with van der Waals surface area (Å²) in [6, 6.07) is -0.459. The first kappa shape index (κ1) is 6.48. The van der Waals surface area contributed by atoms with Gasteiger partial charge in [0.2, 0.25) is 6.04 Å². The maximum Gasteiger partial charge on any atom is 0.230 e. The molecule has 0 aromatic rings. The third-order valence-corrected chi connectivity index (χ3v) is 1.40. The maximum absolute atomic E-state index is 10.1. The molecule has 4 nitrogen and oxygen atoms in total. The van der Waals surface area contributed by atoms with Crippen molar-refractivity contribution in [2.24, 2.45) is 0 Å². The highest BCUT2D eigenvalue weighted by molar-refractivity contribution is 4.78. The normalized spacial score (nSPS) is 27.8. The van der Waals surface area contributed by atoms with Gasteiger partial charge in [0, 0.05) is 11.3 Å². The molecule has 0 saturated carbocycles. The Balaban J connectivity index is 2.31. The molecule has 0 aliphatic carbocycles. The lowest BCUT2D eigenvalue weighted by Crippen LogP contribution is -2.33. The Labute approximate surface area is 53.4 Å². The molecular weight excluding hydrogens is 120 g/mol. The van der Waals surface area contributed by atoms with E-state index in [0.29, 0.717) is 6.42 Å². The molecule has 9 heavy (non-hydrogen) atoms. The molecule has 4 heteroatoms. The van der Waals surface area contributed by atoms with Crippen molar-refractivity contribution in [3.63, 3.8) is 0 Å². The van der Waals surface area contributed by atoms with E-state index in [0.717, 1.165) is 13.0 Å². The molecule has 1 rings (SSSR count). The van der Waals surface area contributed by atoms with Crippen molar-refractivity contribution in [1.82, 2.24) is 5.32 Å². The molecule has 0 amide bonds. The minimum absolute atomic E-state index is 0.258. The van der Waals surface area contributed by atoms with Crippen LogP contribution in [0.5, 0.6) is 0 Å². The predicted molar refractivity (Wildman–Crippen MR) is 32.3 cm³/mol. The highest BCUT2D eigenvalue weighted by Crippen LogP contribution is 2.06. The summed E-state index contributed by atoms with van der Waals surface area (Å²) < 4.78 is 0. The molecule has 1 saturated heterocycles. The van der Waals surface area contributed by atoms with Crippen LogP contribution < -0.4 is 5.32 Å². The number of hydrogen-bond acceptors (Lipinski definition) is 3. The minimum atomic E-state index is -0.459. The SMILES string of the molecule is O=[N+]([O-])C1[CH]NCCC1. The fourth-order valence-electron chi connectivity index (χ4n) is 0.882. The van der Waals surface area contributed by atoms with Crippen molar-refractivity contribution in [1.29, 1.82) is 0 Å². The Hall–Kier alpha value is -0.640. The van der Waals surface area contributed by atoms with E-state index in [1.165, 1.54) is 0 Å². The molecular formula is C5H9N2O2. The van der Waals surface area contributed by atoms with E-state index in [9.17, 15) is 10.1 Å². The van der Waals surface area contributed by atoms with Crippen molar-refractivity contribution in [2.75, 3.05) is 6.54 Å². The standard InChI is InChI=1S/C5H9N2O2/c8-7(9)5-2-1-3-6-4-5/h4-6H,1-3H2. The molecule has 1 heterocycles. The van der Waals surface area contributed by atoms with Gasteiger partial charge in [-0.25, -0.2) is 0 Å². The Morgan fingerprint density at radius 2 is 2.56 bits per heavy atom. The van der Waals surface area contributed by atoms with Crippen LogP contribution >= 0.6 is 0 Å². The molecule has 51 valence electrons. The van der Waals surface area contributed by atoms with Gasteiger partial charge in [0.05, 0.1) is 6.54 Å². The fourth-order valence-corrected chi connectivity index (χ4v) is 0.882. The van der Waals surface area contributed by atoms with Crippen LogP contribution in [0, 0.1) is 16.7 Å². The van der Waals surface area contributed by atoms with Crippen molar-refractivity contribution in [3.8, 4) is 0 Å². The largest absolute Gasteiger partial charge is 0.306 e. The van der Waals surface area contributed by atoms with Gasteiger partial charge in [0.15, 0.2) is 0 Å². The molecule has 1 aliphatic heterocycles. The van der Waals surface area contributed by atoms with Crippen LogP contribution in [0.25, 0.3) is 0 Å². The van der Waals surface area contributed by atoms with Gasteiger partial charge in [-0.3, -0.25) is 10.1 Å². The van der Waals surface area contributed by atoms with Crippen molar-refractivity contribution < 1.29 is 4.92 Å². The Morgan fingerprint density at radius 3 is 2.89 bits per heavy atom. The second kappa shape index (κ2) is 2.77. The Morgan fingerprint density at radius 1 is 1.78 bits per heavy atom. The van der Waals surface area contributed by atoms with Crippen LogP contribution in [0.15, 0.2) is 0 Å². The monoisotopic (exact) mass is 129 g/mol. The maximum atomic E-state index is 10.1. The van der Waals surface area contributed by atoms with E-state index in [-0.39, 0.29) is 4.92 Å². The average molecular weight is 129 g/mol. The lowest BCUT2D eigenvalue weighted by Gasteiger charge is -2.14. The molecule has 1 fully saturated rings. The fraction of sp³-hybridized carbons (Fsp3) is 0.800. The van der Waals surface area contributed by atoms with Crippen LogP contribution in [0.4, 0.5) is 0 Å². The first-order chi connectivity index (χ1) is 4.30. The van der Waals surface area contributed by atoms with Gasteiger partial charge in [-0.2, -0.15) is 0 Å². The Kier molecular flexibility index (Phi) is 2.00. The summed E-state index contributed by atoms with van der Waals surface area (Å²) in [6.45, 7) is 2.44. The second-order valence-electron chi connectivity index (χ2n) is 2.12. The summed E-state index contributed by atoms with van der Waals surface area (Å²) in [6.07, 6.45) is 1.59. The number of rotatable bonds is 1. The van der Waals surface area contributed by atoms with Gasteiger partial charge in [0.25, 0.3) is 0 Å². The molecule has 1 radical (unpaired) electrons. The highest BCUT2D eigenvalue weighted by Gasteiger charge is 2.22. The van der Waals surface area contributed by atoms with E-state index in [2.05, 4.69) is 5.32 Å². The summed E-state index contributed by atoms with van der Waals surface area (Å²) in [5, 5.41) is 12.9. The molecule has 0 spiro atoms. The minimum Gasteiger partial charge on any atom is -0.306 e. The number of nitrogens with zero attached hydrogens (tertiary/aromatic N) is 1. The molecule has 1 aliphatic rings. The summed E-state index contributed by atoms with van der Waals surface area (Å²) in [5.74, 6) is 0. The summed E-state index contributed by atoms with van der Waals surface area (Å²) >= 11 is 0. The van der Waals surface area contributed by atoms with Crippen molar-refractivity contribution in [2.45, 2.75) is 18.9 Å². The van der Waals surface area contributed by atoms with Gasteiger partial charge in [0.1, 0.15) is 0 Å². The molecule has 0 bridgehead atoms. The molecule has 1 N–H and O–H groups in total. The number of hydrogen-bond donors (Lipinski definition) is 1. The van der Waals surface area contributed by atoms with Crippen molar-refractivity contribution >= 4 is 0 Å². The third kappa shape index (κ3) is 1.64. The van der Waals surface area contributed by atoms with Crippen LogP contribution in [0.2, 0.25) is 0 Å². The van der Waals surface area contributed by atoms with Gasteiger partial charge < -0.3 is 5.32 Å². The smallest absolute Gasteiger partial charge is 0.230 e. The van der Waals surface area contributed by atoms with E-state index in [4.69, 9.17) is 0 Å². The number of nitrogens with one attached hydrogen (secondary N) is 1. The van der Waals surface area contributed by atoms with Crippen molar-refractivity contribution in [3.05, 3.63) is 16.7 Å². The van der Waals surface area contributed by atoms with Crippen LogP contribution in [0.1, 0.15) is 12.8 Å². The quantitative estimate of drug-likeness (QED) is 0.405. The third-order valence-electron chi connectivity index (χ3n) is 1.40. The zero-order valence-electron chi connectivity index (χ0n) is 5.04. The molecule has 0 aromatic heterocycles. The lowest BCUT2D eigenvalue weighted by atomic mass is 10.1. The predicted octanol–water partition coefficient (Wildman–Crippen LogP) is 0.177. The van der Waals surface area contributed by atoms with Crippen LogP contribution in [0.3, 0.4) is 0 Å². The van der Waals surface area contributed by atoms with Gasteiger partial charge in [-0.15, -0.1) is 0 Å². The van der Waals surface area contributed by atoms with E-state index < -0.39 is 6.04 Å². The van der Waals surface area contributed by atoms with E-state index in [1.54, 1.807) is 6.54 Å². The zero-order valence-corrected chi connectivity index (χ0v) is 5.04. The molecule has 0 aromatic carbocycles. The lowest BCUT2D eigenvalue weighted by molar-refractivity contribution is -0.516. The van der Waals surface area contributed by atoms with Gasteiger partial charge >= 0.3 is 0 Å². The molecule has 1 unspecified atom stereocenters. The second-order valence-corrected chi connectivity index (χ2v) is 2.12. The first-order valence-corrected chi connectivity index (χ1v) is 3.01. The topological polar surface area (TPSA) is 55.2 Å². The van der Waals surface area contributed by atoms with Gasteiger partial charge in [-0.1, -0.05) is 0 Å². The number of nitro groups is 1. The molecule has 1 atom stereocenters. The van der Waals surface area contributed by atoms with Crippen LogP contribution in [-0.4, -0.2) is 17.5 Å². The van der Waals surface area contributed by atoms with E-state index >= 15 is 0 Å².